The summed E-state index contributed by atoms with van der Waals surface area (Å²) in [6.45, 7) is 2.50. The Morgan fingerprint density at radius 3 is 2.88 bits per heavy atom. The van der Waals surface area contributed by atoms with Crippen molar-refractivity contribution in [2.24, 2.45) is 5.41 Å². The third kappa shape index (κ3) is 2.20. The largest absolute Gasteiger partial charge is 0.426 e. The minimum absolute atomic E-state index is 0.153. The highest BCUT2D eigenvalue weighted by atomic mass is 16.5. The van der Waals surface area contributed by atoms with Gasteiger partial charge in [-0.15, -0.1) is 0 Å². The van der Waals surface area contributed by atoms with Crippen LogP contribution in [0.25, 0.3) is 0 Å². The van der Waals surface area contributed by atoms with E-state index in [2.05, 4.69) is 6.92 Å². The van der Waals surface area contributed by atoms with Crippen molar-refractivity contribution in [2.45, 2.75) is 26.2 Å². The number of hydrogen-bond donors (Lipinski definition) is 0. The first-order valence-electron chi connectivity index (χ1n) is 6.01. The number of fused-ring (bicyclic) bond motifs is 1. The number of benzene rings is 1. The van der Waals surface area contributed by atoms with Crippen LogP contribution in [-0.4, -0.2) is 19.7 Å². The fourth-order valence-corrected chi connectivity index (χ4v) is 2.52. The number of esters is 1. The van der Waals surface area contributed by atoms with Crippen LogP contribution in [0.2, 0.25) is 0 Å². The lowest BCUT2D eigenvalue weighted by Gasteiger charge is -2.34. The number of hydrogen-bond acceptors (Lipinski definition) is 3. The monoisotopic (exact) mass is 234 g/mol. The van der Waals surface area contributed by atoms with Gasteiger partial charge < -0.3 is 9.47 Å². The topological polar surface area (TPSA) is 35.5 Å². The molecule has 92 valence electrons. The molecule has 1 aromatic rings. The second-order valence-electron chi connectivity index (χ2n) is 4.64. The molecule has 0 N–H and O–H groups in total. The molecule has 2 rings (SSSR count). The normalized spacial score (nSPS) is 23.1. The Bertz CT molecular complexity index is 406. The van der Waals surface area contributed by atoms with E-state index < -0.39 is 5.41 Å². The van der Waals surface area contributed by atoms with Crippen molar-refractivity contribution < 1.29 is 14.3 Å². The van der Waals surface area contributed by atoms with Crippen LogP contribution in [0.3, 0.4) is 0 Å². The first kappa shape index (κ1) is 12.1. The predicted molar refractivity (Wildman–Crippen MR) is 65.0 cm³/mol. The summed E-state index contributed by atoms with van der Waals surface area (Å²) in [6.07, 6.45) is 2.46. The van der Waals surface area contributed by atoms with E-state index in [9.17, 15) is 4.79 Å². The first-order valence-corrected chi connectivity index (χ1v) is 6.01. The molecule has 0 saturated carbocycles. The Labute approximate surface area is 102 Å². The van der Waals surface area contributed by atoms with Gasteiger partial charge in [-0.05, 0) is 24.5 Å². The highest BCUT2D eigenvalue weighted by molar-refractivity contribution is 5.82. The average Bonchev–Trinajstić information content (AvgIpc) is 2.31. The van der Waals surface area contributed by atoms with Gasteiger partial charge in [-0.3, -0.25) is 4.79 Å². The maximum absolute atomic E-state index is 12.2. The van der Waals surface area contributed by atoms with Crippen molar-refractivity contribution in [1.82, 2.24) is 0 Å². The summed E-state index contributed by atoms with van der Waals surface area (Å²) in [5.74, 6) is 0.542. The third-order valence-corrected chi connectivity index (χ3v) is 3.29. The Morgan fingerprint density at radius 2 is 2.18 bits per heavy atom. The Morgan fingerprint density at radius 1 is 1.41 bits per heavy atom. The van der Waals surface area contributed by atoms with Crippen LogP contribution in [0.1, 0.15) is 25.3 Å². The van der Waals surface area contributed by atoms with Crippen LogP contribution in [0.4, 0.5) is 0 Å². The highest BCUT2D eigenvalue weighted by Crippen LogP contribution is 2.38. The molecule has 0 saturated heterocycles. The minimum Gasteiger partial charge on any atom is -0.426 e. The van der Waals surface area contributed by atoms with Crippen molar-refractivity contribution in [3.63, 3.8) is 0 Å². The molecular formula is C14H18O3. The van der Waals surface area contributed by atoms with E-state index in [0.29, 0.717) is 18.8 Å². The van der Waals surface area contributed by atoms with Gasteiger partial charge in [-0.25, -0.2) is 0 Å². The molecule has 0 fully saturated rings. The molecule has 3 heteroatoms. The van der Waals surface area contributed by atoms with Gasteiger partial charge in [0.1, 0.15) is 5.75 Å². The fraction of sp³-hybridized carbons (Fsp3) is 0.500. The minimum atomic E-state index is -0.502. The lowest BCUT2D eigenvalue weighted by atomic mass is 9.77. The summed E-state index contributed by atoms with van der Waals surface area (Å²) < 4.78 is 10.7. The molecule has 0 aliphatic carbocycles. The van der Waals surface area contributed by atoms with Crippen molar-refractivity contribution in [1.29, 1.82) is 0 Å². The zero-order valence-corrected chi connectivity index (χ0v) is 10.4. The Kier molecular flexibility index (Phi) is 3.48. The van der Waals surface area contributed by atoms with Gasteiger partial charge in [0.2, 0.25) is 0 Å². The molecule has 0 amide bonds. The average molecular weight is 234 g/mol. The van der Waals surface area contributed by atoms with Crippen LogP contribution >= 0.6 is 0 Å². The zero-order chi connectivity index (χ0) is 12.3. The molecule has 1 aromatic carbocycles. The molecule has 0 bridgehead atoms. The van der Waals surface area contributed by atoms with Gasteiger partial charge in [-0.2, -0.15) is 0 Å². The maximum Gasteiger partial charge on any atom is 0.320 e. The molecule has 1 aliphatic heterocycles. The van der Waals surface area contributed by atoms with E-state index in [-0.39, 0.29) is 5.97 Å². The van der Waals surface area contributed by atoms with E-state index in [0.717, 1.165) is 18.4 Å². The number of para-hydroxylation sites is 1. The third-order valence-electron chi connectivity index (χ3n) is 3.29. The lowest BCUT2D eigenvalue weighted by Crippen LogP contribution is -2.43. The van der Waals surface area contributed by atoms with Gasteiger partial charge in [0.05, 0.1) is 12.0 Å². The number of rotatable bonds is 4. The molecule has 1 heterocycles. The van der Waals surface area contributed by atoms with E-state index in [4.69, 9.17) is 9.47 Å². The molecule has 1 atom stereocenters. The molecule has 0 spiro atoms. The summed E-state index contributed by atoms with van der Waals surface area (Å²) in [5, 5.41) is 0. The smallest absolute Gasteiger partial charge is 0.320 e. The molecule has 0 aromatic heterocycles. The van der Waals surface area contributed by atoms with Gasteiger partial charge in [-0.1, -0.05) is 31.5 Å². The Balaban J connectivity index is 2.33. The van der Waals surface area contributed by atoms with E-state index in [1.807, 2.05) is 24.3 Å². The molecular weight excluding hydrogens is 216 g/mol. The fourth-order valence-electron chi connectivity index (χ4n) is 2.52. The summed E-state index contributed by atoms with van der Waals surface area (Å²) in [6, 6.07) is 7.72. The molecule has 3 nitrogen and oxygen atoms in total. The summed E-state index contributed by atoms with van der Waals surface area (Å²) in [4.78, 5) is 12.2. The van der Waals surface area contributed by atoms with Crippen molar-refractivity contribution in [2.75, 3.05) is 13.7 Å². The van der Waals surface area contributed by atoms with Crippen LogP contribution in [-0.2, 0) is 16.0 Å². The second kappa shape index (κ2) is 4.88. The van der Waals surface area contributed by atoms with E-state index in [1.54, 1.807) is 7.11 Å². The van der Waals surface area contributed by atoms with Crippen LogP contribution in [0.15, 0.2) is 24.3 Å². The molecule has 0 radical (unpaired) electrons. The van der Waals surface area contributed by atoms with Gasteiger partial charge in [0.25, 0.3) is 0 Å². The zero-order valence-electron chi connectivity index (χ0n) is 10.4. The van der Waals surface area contributed by atoms with Crippen LogP contribution < -0.4 is 4.74 Å². The van der Waals surface area contributed by atoms with Gasteiger partial charge in [0, 0.05) is 7.11 Å². The molecule has 1 aliphatic rings. The quantitative estimate of drug-likeness (QED) is 0.593. The molecule has 17 heavy (non-hydrogen) atoms. The number of methoxy groups -OCH3 is 1. The van der Waals surface area contributed by atoms with E-state index in [1.165, 1.54) is 0 Å². The lowest BCUT2D eigenvalue weighted by molar-refractivity contribution is -0.151. The standard InChI is InChI=1S/C14H18O3/c1-3-8-14(10-16-2)9-11-6-4-5-7-12(11)17-13(14)15/h4-7H,3,8-10H2,1-2H3. The second-order valence-corrected chi connectivity index (χ2v) is 4.64. The maximum atomic E-state index is 12.2. The molecule has 1 unspecified atom stereocenters. The number of carbonyl (C=O) groups excluding carboxylic acids is 1. The predicted octanol–water partition coefficient (Wildman–Crippen LogP) is 2.58. The van der Waals surface area contributed by atoms with Crippen molar-refractivity contribution in [3.05, 3.63) is 29.8 Å². The SMILES string of the molecule is CCCC1(COC)Cc2ccccc2OC1=O. The van der Waals surface area contributed by atoms with Crippen LogP contribution in [0.5, 0.6) is 5.75 Å². The summed E-state index contributed by atoms with van der Waals surface area (Å²) in [5.41, 5.74) is 0.593. The Hall–Kier alpha value is -1.35. The first-order chi connectivity index (χ1) is 8.22. The number of ether oxygens (including phenoxy) is 2. The van der Waals surface area contributed by atoms with Gasteiger partial charge >= 0.3 is 5.97 Å². The summed E-state index contributed by atoms with van der Waals surface area (Å²) >= 11 is 0. The van der Waals surface area contributed by atoms with E-state index >= 15 is 0 Å². The highest BCUT2D eigenvalue weighted by Gasteiger charge is 2.43. The van der Waals surface area contributed by atoms with Gasteiger partial charge in [0.15, 0.2) is 0 Å². The van der Waals surface area contributed by atoms with Crippen molar-refractivity contribution in [3.8, 4) is 5.75 Å². The summed E-state index contributed by atoms with van der Waals surface area (Å²) in [7, 11) is 1.63. The number of carbonyl (C=O) groups is 1. The van der Waals surface area contributed by atoms with Crippen molar-refractivity contribution >= 4 is 5.97 Å². The van der Waals surface area contributed by atoms with Crippen LogP contribution in [0, 0.1) is 5.41 Å².